The highest BCUT2D eigenvalue weighted by molar-refractivity contribution is 7.22. The normalized spacial score (nSPS) is 17.1. The third-order valence-corrected chi connectivity index (χ3v) is 6.77. The van der Waals surface area contributed by atoms with Crippen molar-refractivity contribution in [2.24, 2.45) is 0 Å². The Morgan fingerprint density at radius 2 is 1.91 bits per heavy atom. The summed E-state index contributed by atoms with van der Waals surface area (Å²) in [4.78, 5) is 24.5. The number of aromatic nitrogens is 2. The van der Waals surface area contributed by atoms with Crippen molar-refractivity contribution in [3.8, 4) is 17.2 Å². The molecule has 0 spiro atoms. The highest BCUT2D eigenvalue weighted by Crippen LogP contribution is 2.39. The number of thiazole rings is 1. The van der Waals surface area contributed by atoms with Gasteiger partial charge in [-0.05, 0) is 49.2 Å². The average molecular weight is 462 g/mol. The van der Waals surface area contributed by atoms with Crippen LogP contribution in [-0.4, -0.2) is 35.2 Å². The number of hydrogen-bond donors (Lipinski definition) is 0. The quantitative estimate of drug-likeness (QED) is 0.426. The standard InChI is InChI=1S/C25H23N3O4S/c1-15-10-11-20(30-3)21-23(15)33-25(27-21)28(14-17-7-6-12-26-13-17)24(29)22-16(2)31-18-8-4-5-9-19(18)32-22/h4-13,16,22H,14H2,1-3H3. The summed E-state index contributed by atoms with van der Waals surface area (Å²) in [5.41, 5.74) is 2.70. The first-order valence-electron chi connectivity index (χ1n) is 10.6. The lowest BCUT2D eigenvalue weighted by atomic mass is 10.1. The van der Waals surface area contributed by atoms with Crippen LogP contribution in [0.5, 0.6) is 17.2 Å². The Hall–Kier alpha value is -3.65. The molecule has 2 aromatic heterocycles. The molecule has 0 N–H and O–H groups in total. The topological polar surface area (TPSA) is 73.8 Å². The van der Waals surface area contributed by atoms with Crippen LogP contribution in [0.15, 0.2) is 60.9 Å². The number of carbonyl (C=O) groups is 1. The second-order valence-corrected chi connectivity index (χ2v) is 8.83. The molecule has 1 aliphatic rings. The maximum absolute atomic E-state index is 13.9. The number of pyridine rings is 1. The van der Waals surface area contributed by atoms with Gasteiger partial charge in [-0.25, -0.2) is 4.98 Å². The SMILES string of the molecule is COc1ccc(C)c2sc(N(Cc3cccnc3)C(=O)C3Oc4ccccc4OC3C)nc12. The van der Waals surface area contributed by atoms with Gasteiger partial charge in [-0.15, -0.1) is 0 Å². The monoisotopic (exact) mass is 461 g/mol. The molecule has 4 aromatic rings. The number of hydrogen-bond acceptors (Lipinski definition) is 7. The van der Waals surface area contributed by atoms with Gasteiger partial charge in [-0.2, -0.15) is 0 Å². The van der Waals surface area contributed by atoms with E-state index in [4.69, 9.17) is 19.2 Å². The van der Waals surface area contributed by atoms with Gasteiger partial charge in [0.25, 0.3) is 5.91 Å². The van der Waals surface area contributed by atoms with Gasteiger partial charge >= 0.3 is 0 Å². The minimum atomic E-state index is -0.813. The molecule has 0 saturated carbocycles. The molecule has 5 rings (SSSR count). The molecule has 2 aromatic carbocycles. The lowest BCUT2D eigenvalue weighted by Crippen LogP contribution is -2.50. The fraction of sp³-hybridized carbons (Fsp3) is 0.240. The predicted molar refractivity (Wildman–Crippen MR) is 127 cm³/mol. The highest BCUT2D eigenvalue weighted by Gasteiger charge is 2.38. The summed E-state index contributed by atoms with van der Waals surface area (Å²) < 4.78 is 18.6. The lowest BCUT2D eigenvalue weighted by Gasteiger charge is -2.33. The third kappa shape index (κ3) is 3.98. The maximum Gasteiger partial charge on any atom is 0.274 e. The van der Waals surface area contributed by atoms with Crippen LogP contribution >= 0.6 is 11.3 Å². The maximum atomic E-state index is 13.9. The molecule has 0 bridgehead atoms. The van der Waals surface area contributed by atoms with Gasteiger partial charge in [0.2, 0.25) is 6.10 Å². The van der Waals surface area contributed by atoms with Crippen molar-refractivity contribution >= 4 is 32.6 Å². The zero-order valence-electron chi connectivity index (χ0n) is 18.5. The van der Waals surface area contributed by atoms with E-state index in [0.29, 0.717) is 28.9 Å². The van der Waals surface area contributed by atoms with Crippen molar-refractivity contribution in [3.05, 3.63) is 72.1 Å². The van der Waals surface area contributed by atoms with Crippen LogP contribution in [0.4, 0.5) is 5.13 Å². The van der Waals surface area contributed by atoms with Crippen LogP contribution in [0.25, 0.3) is 10.2 Å². The van der Waals surface area contributed by atoms with E-state index in [1.807, 2.05) is 56.3 Å². The molecule has 0 saturated heterocycles. The van der Waals surface area contributed by atoms with E-state index < -0.39 is 12.2 Å². The van der Waals surface area contributed by atoms with E-state index in [9.17, 15) is 4.79 Å². The smallest absolute Gasteiger partial charge is 0.274 e. The number of nitrogens with zero attached hydrogens (tertiary/aromatic N) is 3. The first-order chi connectivity index (χ1) is 16.0. The first-order valence-corrected chi connectivity index (χ1v) is 11.4. The Balaban J connectivity index is 1.56. The van der Waals surface area contributed by atoms with Crippen molar-refractivity contribution in [3.63, 3.8) is 0 Å². The number of amides is 1. The van der Waals surface area contributed by atoms with Gasteiger partial charge in [-0.1, -0.05) is 35.6 Å². The number of anilines is 1. The summed E-state index contributed by atoms with van der Waals surface area (Å²) in [5.74, 6) is 1.63. The van der Waals surface area contributed by atoms with E-state index in [2.05, 4.69) is 4.98 Å². The Kier molecular flexibility index (Phi) is 5.60. The van der Waals surface area contributed by atoms with E-state index in [1.165, 1.54) is 11.3 Å². The first kappa shape index (κ1) is 21.2. The fourth-order valence-electron chi connectivity index (χ4n) is 3.84. The summed E-state index contributed by atoms with van der Waals surface area (Å²) in [7, 11) is 1.62. The van der Waals surface area contributed by atoms with Crippen LogP contribution in [0.1, 0.15) is 18.1 Å². The second kappa shape index (κ2) is 8.71. The van der Waals surface area contributed by atoms with Crippen molar-refractivity contribution in [1.29, 1.82) is 0 Å². The van der Waals surface area contributed by atoms with Gasteiger partial charge in [0, 0.05) is 12.4 Å². The molecule has 0 aliphatic carbocycles. The highest BCUT2D eigenvalue weighted by atomic mass is 32.1. The van der Waals surface area contributed by atoms with Gasteiger partial charge in [0.1, 0.15) is 17.4 Å². The molecule has 2 unspecified atom stereocenters. The average Bonchev–Trinajstić information content (AvgIpc) is 3.29. The van der Waals surface area contributed by atoms with Crippen LogP contribution in [0.2, 0.25) is 0 Å². The Bertz CT molecular complexity index is 1310. The van der Waals surface area contributed by atoms with Crippen molar-refractivity contribution < 1.29 is 19.0 Å². The van der Waals surface area contributed by atoms with E-state index >= 15 is 0 Å². The molecule has 7 nitrogen and oxygen atoms in total. The number of benzene rings is 2. The third-order valence-electron chi connectivity index (χ3n) is 5.56. The molecule has 2 atom stereocenters. The second-order valence-electron chi connectivity index (χ2n) is 7.85. The Morgan fingerprint density at radius 3 is 2.64 bits per heavy atom. The fourth-order valence-corrected chi connectivity index (χ4v) is 4.89. The Labute approximate surface area is 195 Å². The van der Waals surface area contributed by atoms with Crippen molar-refractivity contribution in [2.45, 2.75) is 32.6 Å². The zero-order chi connectivity index (χ0) is 22.9. The summed E-state index contributed by atoms with van der Waals surface area (Å²) in [6.45, 7) is 4.17. The van der Waals surface area contributed by atoms with Gasteiger partial charge in [0.05, 0.1) is 18.4 Å². The Morgan fingerprint density at radius 1 is 1.12 bits per heavy atom. The number of ether oxygens (including phenoxy) is 3. The van der Waals surface area contributed by atoms with Crippen LogP contribution in [0, 0.1) is 6.92 Å². The largest absolute Gasteiger partial charge is 0.494 e. The molecule has 3 heterocycles. The number of methoxy groups -OCH3 is 1. The zero-order valence-corrected chi connectivity index (χ0v) is 19.3. The summed E-state index contributed by atoms with van der Waals surface area (Å²) in [6.07, 6.45) is 2.18. The van der Waals surface area contributed by atoms with E-state index in [0.717, 1.165) is 21.3 Å². The predicted octanol–water partition coefficient (Wildman–Crippen LogP) is 4.77. The summed E-state index contributed by atoms with van der Waals surface area (Å²) in [6, 6.07) is 15.0. The van der Waals surface area contributed by atoms with Crippen LogP contribution in [-0.2, 0) is 11.3 Å². The van der Waals surface area contributed by atoms with E-state index in [1.54, 1.807) is 30.5 Å². The molecular weight excluding hydrogens is 438 g/mol. The van der Waals surface area contributed by atoms with Crippen molar-refractivity contribution in [1.82, 2.24) is 9.97 Å². The summed E-state index contributed by atoms with van der Waals surface area (Å²) >= 11 is 1.46. The molecule has 0 radical (unpaired) electrons. The molecule has 8 heteroatoms. The van der Waals surface area contributed by atoms with Gasteiger partial charge in [0.15, 0.2) is 16.6 Å². The van der Waals surface area contributed by atoms with E-state index in [-0.39, 0.29) is 5.91 Å². The number of fused-ring (bicyclic) bond motifs is 2. The van der Waals surface area contributed by atoms with Crippen LogP contribution < -0.4 is 19.1 Å². The summed E-state index contributed by atoms with van der Waals surface area (Å²) in [5, 5.41) is 0.570. The number of rotatable bonds is 5. The molecule has 1 amide bonds. The molecule has 33 heavy (non-hydrogen) atoms. The lowest BCUT2D eigenvalue weighted by molar-refractivity contribution is -0.130. The molecule has 1 aliphatic heterocycles. The van der Waals surface area contributed by atoms with Crippen LogP contribution in [0.3, 0.4) is 0 Å². The molecule has 0 fully saturated rings. The number of aryl methyl sites for hydroxylation is 1. The van der Waals surface area contributed by atoms with Gasteiger partial charge < -0.3 is 14.2 Å². The molecular formula is C25H23N3O4S. The number of carbonyl (C=O) groups excluding carboxylic acids is 1. The number of para-hydroxylation sites is 2. The van der Waals surface area contributed by atoms with Crippen molar-refractivity contribution in [2.75, 3.05) is 12.0 Å². The van der Waals surface area contributed by atoms with Gasteiger partial charge in [-0.3, -0.25) is 14.7 Å². The minimum absolute atomic E-state index is 0.225. The minimum Gasteiger partial charge on any atom is -0.494 e. The molecule has 168 valence electrons.